The van der Waals surface area contributed by atoms with E-state index in [4.69, 9.17) is 10.1 Å². The molecular weight excluding hydrogens is 210 g/mol. The van der Waals surface area contributed by atoms with Crippen LogP contribution in [0.3, 0.4) is 0 Å². The van der Waals surface area contributed by atoms with Crippen LogP contribution in [0, 0.1) is 5.41 Å². The predicted octanol–water partition coefficient (Wildman–Crippen LogP) is 3.23. The predicted molar refractivity (Wildman–Crippen MR) is 66.1 cm³/mol. The van der Waals surface area contributed by atoms with E-state index < -0.39 is 0 Å². The Morgan fingerprint density at radius 3 is 2.13 bits per heavy atom. The molecule has 0 unspecified atom stereocenters. The lowest BCUT2D eigenvalue weighted by atomic mass is 10.1. The smallest absolute Gasteiger partial charge is 0.184 e. The van der Waals surface area contributed by atoms with E-state index in [1.165, 1.54) is 5.56 Å². The molecule has 0 aromatic heterocycles. The number of rotatable bonds is 4. The first-order valence-corrected chi connectivity index (χ1v) is 5.04. The van der Waals surface area contributed by atoms with Crippen molar-refractivity contribution in [2.24, 2.45) is 0 Å². The summed E-state index contributed by atoms with van der Waals surface area (Å²) in [5, 5.41) is 7.50. The number of nitrogens with one attached hydrogen (secondary N) is 1. The SMILES string of the molecule is CCOC(=N)Cc1ccc(CC)cc1.Cl. The molecule has 0 aliphatic rings. The zero-order valence-electron chi connectivity index (χ0n) is 9.25. The van der Waals surface area contributed by atoms with Crippen molar-refractivity contribution >= 4 is 18.3 Å². The maximum atomic E-state index is 7.50. The van der Waals surface area contributed by atoms with Crippen molar-refractivity contribution in [2.45, 2.75) is 26.7 Å². The van der Waals surface area contributed by atoms with Gasteiger partial charge in [0.2, 0.25) is 0 Å². The Labute approximate surface area is 97.6 Å². The van der Waals surface area contributed by atoms with Gasteiger partial charge in [0.1, 0.15) is 0 Å². The van der Waals surface area contributed by atoms with Gasteiger partial charge in [-0.05, 0) is 24.5 Å². The van der Waals surface area contributed by atoms with Crippen molar-refractivity contribution in [1.82, 2.24) is 0 Å². The van der Waals surface area contributed by atoms with Crippen LogP contribution < -0.4 is 0 Å². The number of benzene rings is 1. The number of hydrogen-bond acceptors (Lipinski definition) is 2. The van der Waals surface area contributed by atoms with Crippen molar-refractivity contribution in [3.05, 3.63) is 35.4 Å². The lowest BCUT2D eigenvalue weighted by Gasteiger charge is -2.05. The van der Waals surface area contributed by atoms with Gasteiger partial charge in [0.25, 0.3) is 0 Å². The summed E-state index contributed by atoms with van der Waals surface area (Å²) in [5.74, 6) is 0.344. The molecule has 0 spiro atoms. The molecule has 1 aromatic rings. The van der Waals surface area contributed by atoms with Crippen LogP contribution >= 0.6 is 12.4 Å². The van der Waals surface area contributed by atoms with Crippen molar-refractivity contribution in [2.75, 3.05) is 6.61 Å². The van der Waals surface area contributed by atoms with E-state index in [9.17, 15) is 0 Å². The molecule has 0 aliphatic heterocycles. The molecule has 0 atom stereocenters. The largest absolute Gasteiger partial charge is 0.481 e. The van der Waals surface area contributed by atoms with Gasteiger partial charge in [0.15, 0.2) is 5.90 Å². The Balaban J connectivity index is 0.00000196. The first-order valence-electron chi connectivity index (χ1n) is 5.04. The van der Waals surface area contributed by atoms with Crippen molar-refractivity contribution < 1.29 is 4.74 Å². The van der Waals surface area contributed by atoms with E-state index in [0.717, 1.165) is 12.0 Å². The minimum Gasteiger partial charge on any atom is -0.481 e. The zero-order valence-corrected chi connectivity index (χ0v) is 10.1. The highest BCUT2D eigenvalue weighted by Crippen LogP contribution is 2.06. The van der Waals surface area contributed by atoms with Crippen molar-refractivity contribution in [1.29, 1.82) is 5.41 Å². The van der Waals surface area contributed by atoms with Gasteiger partial charge in [-0.3, -0.25) is 5.41 Å². The van der Waals surface area contributed by atoms with Crippen LogP contribution in [0.15, 0.2) is 24.3 Å². The van der Waals surface area contributed by atoms with E-state index >= 15 is 0 Å². The van der Waals surface area contributed by atoms with Gasteiger partial charge in [-0.1, -0.05) is 31.2 Å². The molecule has 1 aromatic carbocycles. The lowest BCUT2D eigenvalue weighted by molar-refractivity contribution is 0.317. The standard InChI is InChI=1S/C12H17NO.ClH/c1-3-10-5-7-11(8-6-10)9-12(13)14-4-2;/h5-8,13H,3-4,9H2,1-2H3;1H. The molecule has 0 bridgehead atoms. The molecule has 0 fully saturated rings. The second-order valence-corrected chi connectivity index (χ2v) is 3.20. The minimum absolute atomic E-state index is 0. The highest BCUT2D eigenvalue weighted by molar-refractivity contribution is 5.85. The van der Waals surface area contributed by atoms with Crippen LogP contribution in [0.5, 0.6) is 0 Å². The van der Waals surface area contributed by atoms with Crippen LogP contribution in [0.1, 0.15) is 25.0 Å². The van der Waals surface area contributed by atoms with E-state index in [1.807, 2.05) is 6.92 Å². The highest BCUT2D eigenvalue weighted by Gasteiger charge is 1.99. The molecule has 0 saturated heterocycles. The maximum absolute atomic E-state index is 7.50. The number of hydrogen-bond donors (Lipinski definition) is 1. The van der Waals surface area contributed by atoms with Crippen LogP contribution in [-0.4, -0.2) is 12.5 Å². The lowest BCUT2D eigenvalue weighted by Crippen LogP contribution is -2.06. The molecular formula is C12H18ClNO. The minimum atomic E-state index is 0. The van der Waals surface area contributed by atoms with Crippen LogP contribution in [0.25, 0.3) is 0 Å². The van der Waals surface area contributed by atoms with Gasteiger partial charge in [0.05, 0.1) is 6.61 Å². The summed E-state index contributed by atoms with van der Waals surface area (Å²) in [6, 6.07) is 8.34. The summed E-state index contributed by atoms with van der Waals surface area (Å²) in [4.78, 5) is 0. The Kier molecular flexibility index (Phi) is 6.80. The summed E-state index contributed by atoms with van der Waals surface area (Å²) in [5.41, 5.74) is 2.47. The third kappa shape index (κ3) is 4.84. The van der Waals surface area contributed by atoms with E-state index in [2.05, 4.69) is 31.2 Å². The highest BCUT2D eigenvalue weighted by atomic mass is 35.5. The average molecular weight is 228 g/mol. The third-order valence-electron chi connectivity index (χ3n) is 2.11. The molecule has 1 N–H and O–H groups in total. The molecule has 0 saturated carbocycles. The normalized spacial score (nSPS) is 9.20. The fourth-order valence-electron chi connectivity index (χ4n) is 1.30. The van der Waals surface area contributed by atoms with Gasteiger partial charge >= 0.3 is 0 Å². The van der Waals surface area contributed by atoms with Gasteiger partial charge in [0, 0.05) is 6.42 Å². The number of ether oxygens (including phenoxy) is 1. The van der Waals surface area contributed by atoms with Gasteiger partial charge in [-0.25, -0.2) is 0 Å². The molecule has 0 amide bonds. The van der Waals surface area contributed by atoms with E-state index in [0.29, 0.717) is 18.9 Å². The molecule has 0 radical (unpaired) electrons. The monoisotopic (exact) mass is 227 g/mol. The molecule has 1 rings (SSSR count). The Hall–Kier alpha value is -1.02. The van der Waals surface area contributed by atoms with Gasteiger partial charge < -0.3 is 4.74 Å². The fraction of sp³-hybridized carbons (Fsp3) is 0.417. The van der Waals surface area contributed by atoms with Crippen LogP contribution in [-0.2, 0) is 17.6 Å². The van der Waals surface area contributed by atoms with Gasteiger partial charge in [-0.2, -0.15) is 0 Å². The maximum Gasteiger partial charge on any atom is 0.184 e. The Morgan fingerprint density at radius 2 is 1.67 bits per heavy atom. The molecule has 2 nitrogen and oxygen atoms in total. The quantitative estimate of drug-likeness (QED) is 0.622. The fourth-order valence-corrected chi connectivity index (χ4v) is 1.30. The zero-order chi connectivity index (χ0) is 10.4. The Morgan fingerprint density at radius 1 is 1.13 bits per heavy atom. The second-order valence-electron chi connectivity index (χ2n) is 3.20. The average Bonchev–Trinajstić information content (AvgIpc) is 2.19. The van der Waals surface area contributed by atoms with Crippen LogP contribution in [0.4, 0.5) is 0 Å². The molecule has 0 heterocycles. The van der Waals surface area contributed by atoms with Crippen LogP contribution in [0.2, 0.25) is 0 Å². The third-order valence-corrected chi connectivity index (χ3v) is 2.11. The molecule has 0 aliphatic carbocycles. The molecule has 3 heteroatoms. The summed E-state index contributed by atoms with van der Waals surface area (Å²) in [6.45, 7) is 4.61. The Bertz CT molecular complexity index is 295. The molecule has 84 valence electrons. The number of aryl methyl sites for hydroxylation is 1. The van der Waals surface area contributed by atoms with Gasteiger partial charge in [-0.15, -0.1) is 12.4 Å². The first kappa shape index (κ1) is 14.0. The topological polar surface area (TPSA) is 33.1 Å². The van der Waals surface area contributed by atoms with E-state index in [-0.39, 0.29) is 12.4 Å². The summed E-state index contributed by atoms with van der Waals surface area (Å²) in [7, 11) is 0. The summed E-state index contributed by atoms with van der Waals surface area (Å²) in [6.07, 6.45) is 1.65. The van der Waals surface area contributed by atoms with Crippen molar-refractivity contribution in [3.8, 4) is 0 Å². The number of halogens is 1. The first-order chi connectivity index (χ1) is 6.76. The summed E-state index contributed by atoms with van der Waals surface area (Å²) < 4.78 is 5.09. The van der Waals surface area contributed by atoms with Crippen molar-refractivity contribution in [3.63, 3.8) is 0 Å². The molecule has 15 heavy (non-hydrogen) atoms. The second kappa shape index (κ2) is 7.30. The summed E-state index contributed by atoms with van der Waals surface area (Å²) >= 11 is 0. The van der Waals surface area contributed by atoms with E-state index in [1.54, 1.807) is 0 Å².